The number of aromatic carboxylic acids is 1. The number of hydrogen-bond donors (Lipinski definition) is 1. The third-order valence-corrected chi connectivity index (χ3v) is 4.06. The van der Waals surface area contributed by atoms with Gasteiger partial charge in [-0.05, 0) is 24.1 Å². The summed E-state index contributed by atoms with van der Waals surface area (Å²) in [6, 6.07) is 7.90. The number of carboxylic acids is 1. The van der Waals surface area contributed by atoms with Crippen LogP contribution in [0.2, 0.25) is 0 Å². The zero-order valence-electron chi connectivity index (χ0n) is 11.3. The summed E-state index contributed by atoms with van der Waals surface area (Å²) in [4.78, 5) is 11.4. The SMILES string of the molecule is O=C(O)c1cn(Cc2cccc(Br)c2)nc1C1CCOC1. The molecule has 1 atom stereocenters. The fourth-order valence-corrected chi connectivity index (χ4v) is 3.00. The Morgan fingerprint density at radius 3 is 3.05 bits per heavy atom. The molecular formula is C15H15BrN2O3. The first-order chi connectivity index (χ1) is 10.1. The minimum Gasteiger partial charge on any atom is -0.478 e. The molecule has 1 aliphatic rings. The Labute approximate surface area is 130 Å². The van der Waals surface area contributed by atoms with E-state index in [1.807, 2.05) is 24.3 Å². The lowest BCUT2D eigenvalue weighted by Gasteiger charge is -2.05. The van der Waals surface area contributed by atoms with Gasteiger partial charge >= 0.3 is 5.97 Å². The van der Waals surface area contributed by atoms with E-state index in [1.165, 1.54) is 0 Å². The molecule has 1 aromatic heterocycles. The van der Waals surface area contributed by atoms with E-state index in [4.69, 9.17) is 4.74 Å². The molecule has 0 saturated carbocycles. The number of hydrogen-bond acceptors (Lipinski definition) is 3. The maximum absolute atomic E-state index is 11.4. The Balaban J connectivity index is 1.89. The van der Waals surface area contributed by atoms with Gasteiger partial charge in [-0.15, -0.1) is 0 Å². The Bertz CT molecular complexity index is 663. The van der Waals surface area contributed by atoms with Gasteiger partial charge in [0.15, 0.2) is 0 Å². The molecule has 0 aliphatic carbocycles. The van der Waals surface area contributed by atoms with E-state index in [-0.39, 0.29) is 11.5 Å². The van der Waals surface area contributed by atoms with Gasteiger partial charge in [-0.25, -0.2) is 4.79 Å². The van der Waals surface area contributed by atoms with Crippen LogP contribution in [0.4, 0.5) is 0 Å². The third-order valence-electron chi connectivity index (χ3n) is 3.57. The summed E-state index contributed by atoms with van der Waals surface area (Å²) in [5, 5.41) is 13.8. The van der Waals surface area contributed by atoms with Gasteiger partial charge in [0, 0.05) is 23.2 Å². The number of halogens is 1. The molecule has 6 heteroatoms. The second-order valence-corrected chi connectivity index (χ2v) is 6.04. The molecule has 5 nitrogen and oxygen atoms in total. The number of benzene rings is 1. The van der Waals surface area contributed by atoms with E-state index >= 15 is 0 Å². The maximum Gasteiger partial charge on any atom is 0.339 e. The molecule has 2 heterocycles. The lowest BCUT2D eigenvalue weighted by molar-refractivity contribution is 0.0695. The van der Waals surface area contributed by atoms with E-state index in [2.05, 4.69) is 21.0 Å². The van der Waals surface area contributed by atoms with Crippen molar-refractivity contribution in [1.82, 2.24) is 9.78 Å². The van der Waals surface area contributed by atoms with E-state index in [0.717, 1.165) is 16.5 Å². The van der Waals surface area contributed by atoms with Gasteiger partial charge in [0.05, 0.1) is 18.8 Å². The molecule has 1 aromatic carbocycles. The van der Waals surface area contributed by atoms with Crippen LogP contribution in [0.5, 0.6) is 0 Å². The number of nitrogens with zero attached hydrogens (tertiary/aromatic N) is 2. The molecular weight excluding hydrogens is 336 g/mol. The predicted molar refractivity (Wildman–Crippen MR) is 80.6 cm³/mol. The van der Waals surface area contributed by atoms with E-state index in [1.54, 1.807) is 10.9 Å². The van der Waals surface area contributed by atoms with Crippen molar-refractivity contribution >= 4 is 21.9 Å². The van der Waals surface area contributed by atoms with Crippen LogP contribution in [0.15, 0.2) is 34.9 Å². The van der Waals surface area contributed by atoms with Crippen LogP contribution in [0, 0.1) is 0 Å². The van der Waals surface area contributed by atoms with Gasteiger partial charge in [-0.3, -0.25) is 4.68 Å². The summed E-state index contributed by atoms with van der Waals surface area (Å²) in [5.41, 5.74) is 1.98. The van der Waals surface area contributed by atoms with Gasteiger partial charge in [0.1, 0.15) is 5.56 Å². The molecule has 3 rings (SSSR count). The van der Waals surface area contributed by atoms with Crippen molar-refractivity contribution in [2.75, 3.05) is 13.2 Å². The first-order valence-electron chi connectivity index (χ1n) is 6.76. The molecule has 2 aromatic rings. The smallest absolute Gasteiger partial charge is 0.339 e. The molecule has 1 aliphatic heterocycles. The van der Waals surface area contributed by atoms with Gasteiger partial charge in [-0.2, -0.15) is 5.10 Å². The van der Waals surface area contributed by atoms with Crippen LogP contribution in [-0.4, -0.2) is 34.1 Å². The van der Waals surface area contributed by atoms with E-state index in [0.29, 0.717) is 25.5 Å². The monoisotopic (exact) mass is 350 g/mol. The number of ether oxygens (including phenoxy) is 1. The molecule has 1 N–H and O–H groups in total. The van der Waals surface area contributed by atoms with Crippen molar-refractivity contribution < 1.29 is 14.6 Å². The highest BCUT2D eigenvalue weighted by molar-refractivity contribution is 9.10. The second kappa shape index (κ2) is 5.99. The van der Waals surface area contributed by atoms with Crippen LogP contribution in [0.25, 0.3) is 0 Å². The predicted octanol–water partition coefficient (Wildman–Crippen LogP) is 2.90. The lowest BCUT2D eigenvalue weighted by Crippen LogP contribution is -2.06. The molecule has 1 unspecified atom stereocenters. The van der Waals surface area contributed by atoms with E-state index in [9.17, 15) is 9.90 Å². The van der Waals surface area contributed by atoms with Crippen molar-refractivity contribution in [2.24, 2.45) is 0 Å². The van der Waals surface area contributed by atoms with Crippen molar-refractivity contribution in [2.45, 2.75) is 18.9 Å². The Morgan fingerprint density at radius 1 is 1.52 bits per heavy atom. The zero-order valence-corrected chi connectivity index (χ0v) is 12.9. The molecule has 0 amide bonds. The normalized spacial score (nSPS) is 18.0. The topological polar surface area (TPSA) is 64.3 Å². The minimum absolute atomic E-state index is 0.0832. The first-order valence-corrected chi connectivity index (χ1v) is 7.55. The standard InChI is InChI=1S/C15H15BrN2O3/c16-12-3-1-2-10(6-12)7-18-8-13(15(19)20)14(17-18)11-4-5-21-9-11/h1-3,6,8,11H,4-5,7,9H2,(H,19,20). The second-order valence-electron chi connectivity index (χ2n) is 5.12. The van der Waals surface area contributed by atoms with Crippen molar-refractivity contribution in [3.8, 4) is 0 Å². The maximum atomic E-state index is 11.4. The number of carboxylic acid groups (broad SMARTS) is 1. The molecule has 0 spiro atoms. The van der Waals surface area contributed by atoms with Crippen molar-refractivity contribution in [3.63, 3.8) is 0 Å². The molecule has 110 valence electrons. The first kappa shape index (κ1) is 14.3. The molecule has 0 radical (unpaired) electrons. The van der Waals surface area contributed by atoms with Crippen LogP contribution >= 0.6 is 15.9 Å². The van der Waals surface area contributed by atoms with Gasteiger partial charge in [0.2, 0.25) is 0 Å². The van der Waals surface area contributed by atoms with Crippen LogP contribution in [-0.2, 0) is 11.3 Å². The number of rotatable bonds is 4. The Kier molecular flexibility index (Phi) is 4.07. The fraction of sp³-hybridized carbons (Fsp3) is 0.333. The van der Waals surface area contributed by atoms with Crippen LogP contribution in [0.3, 0.4) is 0 Å². The molecule has 21 heavy (non-hydrogen) atoms. The summed E-state index contributed by atoms with van der Waals surface area (Å²) >= 11 is 3.43. The van der Waals surface area contributed by atoms with E-state index < -0.39 is 5.97 Å². The quantitative estimate of drug-likeness (QED) is 0.920. The number of carbonyl (C=O) groups is 1. The highest BCUT2D eigenvalue weighted by Crippen LogP contribution is 2.27. The van der Waals surface area contributed by atoms with Crippen LogP contribution < -0.4 is 0 Å². The summed E-state index contributed by atoms with van der Waals surface area (Å²) in [6.07, 6.45) is 2.44. The highest BCUT2D eigenvalue weighted by Gasteiger charge is 2.26. The average molecular weight is 351 g/mol. The summed E-state index contributed by atoms with van der Waals surface area (Å²) in [6.45, 7) is 1.77. The fourth-order valence-electron chi connectivity index (χ4n) is 2.56. The van der Waals surface area contributed by atoms with Gasteiger partial charge in [0.25, 0.3) is 0 Å². The number of aromatic nitrogens is 2. The molecule has 1 saturated heterocycles. The largest absolute Gasteiger partial charge is 0.478 e. The highest BCUT2D eigenvalue weighted by atomic mass is 79.9. The summed E-state index contributed by atoms with van der Waals surface area (Å²) in [7, 11) is 0. The zero-order chi connectivity index (χ0) is 14.8. The summed E-state index contributed by atoms with van der Waals surface area (Å²) in [5.74, 6) is -0.850. The van der Waals surface area contributed by atoms with Crippen molar-refractivity contribution in [1.29, 1.82) is 0 Å². The third kappa shape index (κ3) is 3.16. The average Bonchev–Trinajstić information content (AvgIpc) is 3.06. The summed E-state index contributed by atoms with van der Waals surface area (Å²) < 4.78 is 8.03. The minimum atomic E-state index is -0.933. The van der Waals surface area contributed by atoms with Gasteiger partial charge in [-0.1, -0.05) is 28.1 Å². The molecule has 1 fully saturated rings. The Morgan fingerprint density at radius 2 is 2.38 bits per heavy atom. The lowest BCUT2D eigenvalue weighted by atomic mass is 10.0. The molecule has 0 bridgehead atoms. The van der Waals surface area contributed by atoms with Crippen molar-refractivity contribution in [3.05, 3.63) is 51.8 Å². The van der Waals surface area contributed by atoms with Crippen LogP contribution in [0.1, 0.15) is 34.0 Å². The van der Waals surface area contributed by atoms with Gasteiger partial charge < -0.3 is 9.84 Å². The Hall–Kier alpha value is -1.66.